The largest absolute Gasteiger partial charge is 0.303 e. The first-order valence-corrected chi connectivity index (χ1v) is 6.73. The highest BCUT2D eigenvalue weighted by molar-refractivity contribution is 5.52. The third kappa shape index (κ3) is 1.55. The molecule has 0 saturated heterocycles. The van der Waals surface area contributed by atoms with E-state index in [-0.39, 0.29) is 0 Å². The fourth-order valence-corrected chi connectivity index (χ4v) is 4.90. The first-order chi connectivity index (χ1) is 7.28. The van der Waals surface area contributed by atoms with Crippen molar-refractivity contribution in [2.75, 3.05) is 0 Å². The molecule has 2 bridgehead atoms. The fraction of sp³-hybridized carbons (Fsp3) is 0.929. The van der Waals surface area contributed by atoms with Gasteiger partial charge in [0.05, 0.1) is 0 Å². The average molecular weight is 206 g/mol. The van der Waals surface area contributed by atoms with Crippen LogP contribution in [-0.2, 0) is 4.79 Å². The topological polar surface area (TPSA) is 17.1 Å². The summed E-state index contributed by atoms with van der Waals surface area (Å²) in [4.78, 5) is 10.7. The van der Waals surface area contributed by atoms with Crippen molar-refractivity contribution < 1.29 is 4.79 Å². The van der Waals surface area contributed by atoms with Crippen LogP contribution in [0.5, 0.6) is 0 Å². The molecule has 0 N–H and O–H groups in total. The van der Waals surface area contributed by atoms with E-state index >= 15 is 0 Å². The Morgan fingerprint density at radius 2 is 1.73 bits per heavy atom. The maximum Gasteiger partial charge on any atom is 0.122 e. The van der Waals surface area contributed by atoms with Crippen LogP contribution in [0.3, 0.4) is 0 Å². The first kappa shape index (κ1) is 9.86. The summed E-state index contributed by atoms with van der Waals surface area (Å²) in [6.07, 6.45) is 9.78. The Morgan fingerprint density at radius 3 is 2.27 bits per heavy atom. The smallest absolute Gasteiger partial charge is 0.122 e. The SMILES string of the molecule is C[C@@H](C=O)CC1CC2C3CCC(C3)C2C1. The van der Waals surface area contributed by atoms with E-state index in [1.807, 2.05) is 0 Å². The van der Waals surface area contributed by atoms with E-state index in [4.69, 9.17) is 0 Å². The number of hydrogen-bond acceptors (Lipinski definition) is 1. The van der Waals surface area contributed by atoms with Gasteiger partial charge in [-0.25, -0.2) is 0 Å². The lowest BCUT2D eigenvalue weighted by molar-refractivity contribution is -0.111. The molecule has 3 fully saturated rings. The summed E-state index contributed by atoms with van der Waals surface area (Å²) in [5.41, 5.74) is 0. The number of fused-ring (bicyclic) bond motifs is 5. The molecule has 5 atom stereocenters. The van der Waals surface area contributed by atoms with Crippen LogP contribution in [0.1, 0.15) is 45.4 Å². The van der Waals surface area contributed by atoms with Crippen molar-refractivity contribution in [3.63, 3.8) is 0 Å². The molecule has 3 saturated carbocycles. The van der Waals surface area contributed by atoms with Gasteiger partial charge in [0.2, 0.25) is 0 Å². The van der Waals surface area contributed by atoms with Gasteiger partial charge in [0.1, 0.15) is 6.29 Å². The minimum Gasteiger partial charge on any atom is -0.303 e. The van der Waals surface area contributed by atoms with Crippen molar-refractivity contribution in [3.8, 4) is 0 Å². The number of aldehydes is 1. The van der Waals surface area contributed by atoms with Crippen LogP contribution in [0.25, 0.3) is 0 Å². The van der Waals surface area contributed by atoms with Gasteiger partial charge in [0, 0.05) is 5.92 Å². The van der Waals surface area contributed by atoms with Crippen LogP contribution in [0.4, 0.5) is 0 Å². The maximum absolute atomic E-state index is 10.7. The molecule has 0 aromatic carbocycles. The quantitative estimate of drug-likeness (QED) is 0.648. The monoisotopic (exact) mass is 206 g/mol. The highest BCUT2D eigenvalue weighted by Gasteiger charge is 2.51. The van der Waals surface area contributed by atoms with Crippen LogP contribution in [0, 0.1) is 35.5 Å². The van der Waals surface area contributed by atoms with Gasteiger partial charge in [0.15, 0.2) is 0 Å². The summed E-state index contributed by atoms with van der Waals surface area (Å²) in [6.45, 7) is 2.08. The van der Waals surface area contributed by atoms with Crippen molar-refractivity contribution in [2.45, 2.75) is 45.4 Å². The van der Waals surface area contributed by atoms with E-state index in [1.54, 1.807) is 6.42 Å². The Labute approximate surface area is 92.6 Å². The van der Waals surface area contributed by atoms with Gasteiger partial charge >= 0.3 is 0 Å². The van der Waals surface area contributed by atoms with E-state index in [9.17, 15) is 4.79 Å². The zero-order chi connectivity index (χ0) is 10.4. The molecular formula is C14H22O. The van der Waals surface area contributed by atoms with Gasteiger partial charge in [-0.2, -0.15) is 0 Å². The Kier molecular flexibility index (Phi) is 2.37. The Hall–Kier alpha value is -0.330. The molecule has 15 heavy (non-hydrogen) atoms. The normalized spacial score (nSPS) is 49.3. The summed E-state index contributed by atoms with van der Waals surface area (Å²) in [5, 5.41) is 0. The Balaban J connectivity index is 1.62. The Morgan fingerprint density at radius 1 is 1.13 bits per heavy atom. The van der Waals surface area contributed by atoms with Gasteiger partial charge in [-0.3, -0.25) is 0 Å². The van der Waals surface area contributed by atoms with Gasteiger partial charge in [0.25, 0.3) is 0 Å². The van der Waals surface area contributed by atoms with E-state index in [2.05, 4.69) is 6.92 Å². The van der Waals surface area contributed by atoms with Crippen LogP contribution in [0.2, 0.25) is 0 Å². The fourth-order valence-electron chi connectivity index (χ4n) is 4.90. The van der Waals surface area contributed by atoms with Crippen LogP contribution < -0.4 is 0 Å². The minimum absolute atomic E-state index is 0.298. The zero-order valence-corrected chi connectivity index (χ0v) is 9.69. The molecule has 3 aliphatic rings. The van der Waals surface area contributed by atoms with Crippen LogP contribution in [0.15, 0.2) is 0 Å². The lowest BCUT2D eigenvalue weighted by Crippen LogP contribution is -2.15. The third-order valence-corrected chi connectivity index (χ3v) is 5.42. The predicted molar refractivity (Wildman–Crippen MR) is 60.4 cm³/mol. The molecular weight excluding hydrogens is 184 g/mol. The van der Waals surface area contributed by atoms with Crippen molar-refractivity contribution in [1.29, 1.82) is 0 Å². The van der Waals surface area contributed by atoms with Crippen molar-refractivity contribution in [2.24, 2.45) is 35.5 Å². The highest BCUT2D eigenvalue weighted by atomic mass is 16.1. The molecule has 0 radical (unpaired) electrons. The molecule has 3 rings (SSSR count). The molecule has 84 valence electrons. The molecule has 0 aromatic rings. The predicted octanol–water partition coefficient (Wildman–Crippen LogP) is 3.28. The van der Waals surface area contributed by atoms with Gasteiger partial charge in [-0.1, -0.05) is 6.92 Å². The van der Waals surface area contributed by atoms with Crippen molar-refractivity contribution in [3.05, 3.63) is 0 Å². The maximum atomic E-state index is 10.7. The number of hydrogen-bond donors (Lipinski definition) is 0. The number of carbonyl (C=O) groups excluding carboxylic acids is 1. The molecule has 0 aromatic heterocycles. The van der Waals surface area contributed by atoms with Crippen molar-refractivity contribution >= 4 is 6.29 Å². The molecule has 0 heterocycles. The number of rotatable bonds is 3. The molecule has 0 aliphatic heterocycles. The van der Waals surface area contributed by atoms with Gasteiger partial charge < -0.3 is 4.79 Å². The summed E-state index contributed by atoms with van der Waals surface area (Å²) in [6, 6.07) is 0. The average Bonchev–Trinajstić information content (AvgIpc) is 2.87. The van der Waals surface area contributed by atoms with E-state index < -0.39 is 0 Å². The second kappa shape index (κ2) is 3.61. The molecule has 0 spiro atoms. The van der Waals surface area contributed by atoms with E-state index in [0.717, 1.165) is 42.3 Å². The molecule has 1 nitrogen and oxygen atoms in total. The van der Waals surface area contributed by atoms with Gasteiger partial charge in [-0.05, 0) is 68.1 Å². The van der Waals surface area contributed by atoms with E-state index in [1.165, 1.54) is 25.7 Å². The molecule has 3 aliphatic carbocycles. The van der Waals surface area contributed by atoms with Gasteiger partial charge in [-0.15, -0.1) is 0 Å². The second-order valence-corrected chi connectivity index (χ2v) is 6.35. The third-order valence-electron chi connectivity index (χ3n) is 5.42. The Bertz CT molecular complexity index is 242. The molecule has 0 amide bonds. The lowest BCUT2D eigenvalue weighted by Gasteiger charge is -2.23. The standard InChI is InChI=1S/C14H22O/c1-9(8-15)4-10-5-13-11-2-3-12(7-11)14(13)6-10/h8-14H,2-7H2,1H3/t9-,10?,11?,12?,13?,14?/m1/s1. The first-order valence-electron chi connectivity index (χ1n) is 6.73. The number of carbonyl (C=O) groups is 1. The van der Waals surface area contributed by atoms with Crippen molar-refractivity contribution in [1.82, 2.24) is 0 Å². The summed E-state index contributed by atoms with van der Waals surface area (Å²) in [5.74, 6) is 5.46. The van der Waals surface area contributed by atoms with E-state index in [0.29, 0.717) is 5.92 Å². The highest BCUT2D eigenvalue weighted by Crippen LogP contribution is 2.60. The zero-order valence-electron chi connectivity index (χ0n) is 9.69. The van der Waals surface area contributed by atoms with Crippen LogP contribution in [-0.4, -0.2) is 6.29 Å². The summed E-state index contributed by atoms with van der Waals surface area (Å²) < 4.78 is 0. The minimum atomic E-state index is 0.298. The molecule has 1 heteroatoms. The summed E-state index contributed by atoms with van der Waals surface area (Å²) >= 11 is 0. The summed E-state index contributed by atoms with van der Waals surface area (Å²) in [7, 11) is 0. The lowest BCUT2D eigenvalue weighted by atomic mass is 9.82. The second-order valence-electron chi connectivity index (χ2n) is 6.35. The van der Waals surface area contributed by atoms with Crippen LogP contribution >= 0.6 is 0 Å². The molecule has 4 unspecified atom stereocenters.